The highest BCUT2D eigenvalue weighted by Crippen LogP contribution is 1.96. The Morgan fingerprint density at radius 3 is 2.82 bits per heavy atom. The SMILES string of the molecule is CN(C)CCN1CCC[N]C1. The molecule has 0 aromatic carbocycles. The zero-order valence-corrected chi connectivity index (χ0v) is 7.58. The summed E-state index contributed by atoms with van der Waals surface area (Å²) >= 11 is 0. The van der Waals surface area contributed by atoms with E-state index in [1.54, 1.807) is 0 Å². The summed E-state index contributed by atoms with van der Waals surface area (Å²) < 4.78 is 0. The summed E-state index contributed by atoms with van der Waals surface area (Å²) in [6.07, 6.45) is 1.24. The van der Waals surface area contributed by atoms with Crippen molar-refractivity contribution in [2.24, 2.45) is 0 Å². The molecule has 1 fully saturated rings. The van der Waals surface area contributed by atoms with Crippen molar-refractivity contribution in [3.63, 3.8) is 0 Å². The molecule has 1 aliphatic rings. The Hall–Kier alpha value is -0.120. The van der Waals surface area contributed by atoms with Crippen LogP contribution >= 0.6 is 0 Å². The number of hydrogen-bond donors (Lipinski definition) is 0. The molecule has 0 saturated carbocycles. The second-order valence-corrected chi connectivity index (χ2v) is 3.36. The summed E-state index contributed by atoms with van der Waals surface area (Å²) in [6, 6.07) is 0. The Bertz CT molecular complexity index is 97.5. The van der Waals surface area contributed by atoms with Gasteiger partial charge in [-0.15, -0.1) is 0 Å². The predicted octanol–water partition coefficient (Wildman–Crippen LogP) is -0.184. The number of rotatable bonds is 3. The van der Waals surface area contributed by atoms with Gasteiger partial charge in [-0.2, -0.15) is 0 Å². The Balaban J connectivity index is 2.05. The van der Waals surface area contributed by atoms with Crippen molar-refractivity contribution in [3.8, 4) is 0 Å². The molecular weight excluding hydrogens is 138 g/mol. The van der Waals surface area contributed by atoms with Crippen LogP contribution in [0, 0.1) is 0 Å². The van der Waals surface area contributed by atoms with Gasteiger partial charge in [0, 0.05) is 26.2 Å². The van der Waals surface area contributed by atoms with Gasteiger partial charge in [0.2, 0.25) is 0 Å². The fraction of sp³-hybridized carbons (Fsp3) is 1.00. The average Bonchev–Trinajstić information content (AvgIpc) is 2.03. The van der Waals surface area contributed by atoms with Gasteiger partial charge in [-0.1, -0.05) is 0 Å². The summed E-state index contributed by atoms with van der Waals surface area (Å²) in [5.41, 5.74) is 0. The van der Waals surface area contributed by atoms with E-state index < -0.39 is 0 Å². The Morgan fingerprint density at radius 2 is 2.27 bits per heavy atom. The van der Waals surface area contributed by atoms with Crippen molar-refractivity contribution in [1.82, 2.24) is 15.1 Å². The normalized spacial score (nSPS) is 21.0. The molecule has 0 unspecified atom stereocenters. The largest absolute Gasteiger partial charge is 0.308 e. The molecule has 0 aromatic heterocycles. The summed E-state index contributed by atoms with van der Waals surface area (Å²) in [4.78, 5) is 4.62. The minimum absolute atomic E-state index is 0.952. The minimum atomic E-state index is 0.952. The molecule has 65 valence electrons. The van der Waals surface area contributed by atoms with E-state index in [1.165, 1.54) is 13.0 Å². The third kappa shape index (κ3) is 3.70. The fourth-order valence-electron chi connectivity index (χ4n) is 1.21. The lowest BCUT2D eigenvalue weighted by atomic mass is 10.3. The van der Waals surface area contributed by atoms with Gasteiger partial charge in [0.25, 0.3) is 0 Å². The van der Waals surface area contributed by atoms with E-state index in [0.717, 1.165) is 26.3 Å². The lowest BCUT2D eigenvalue weighted by molar-refractivity contribution is 0.193. The van der Waals surface area contributed by atoms with E-state index in [1.807, 2.05) is 0 Å². The standard InChI is InChI=1S/C8H18N3/c1-10(2)6-7-11-5-3-4-9-8-11/h3-8H2,1-2H3. The van der Waals surface area contributed by atoms with E-state index in [-0.39, 0.29) is 0 Å². The molecule has 1 aliphatic heterocycles. The topological polar surface area (TPSA) is 20.6 Å². The Labute approximate surface area is 69.4 Å². The van der Waals surface area contributed by atoms with Crippen LogP contribution in [0.4, 0.5) is 0 Å². The van der Waals surface area contributed by atoms with Crippen molar-refractivity contribution in [2.75, 3.05) is 46.9 Å². The first kappa shape index (κ1) is 8.97. The van der Waals surface area contributed by atoms with Crippen molar-refractivity contribution in [3.05, 3.63) is 0 Å². The third-order valence-electron chi connectivity index (χ3n) is 1.95. The quantitative estimate of drug-likeness (QED) is 0.565. The smallest absolute Gasteiger partial charge is 0.0649 e. The van der Waals surface area contributed by atoms with Gasteiger partial charge >= 0.3 is 0 Å². The Kier molecular flexibility index (Phi) is 3.83. The molecule has 3 heteroatoms. The molecule has 0 N–H and O–H groups in total. The minimum Gasteiger partial charge on any atom is -0.308 e. The van der Waals surface area contributed by atoms with Crippen LogP contribution in [0.15, 0.2) is 0 Å². The van der Waals surface area contributed by atoms with Crippen LogP contribution in [-0.4, -0.2) is 56.7 Å². The second-order valence-electron chi connectivity index (χ2n) is 3.36. The van der Waals surface area contributed by atoms with Gasteiger partial charge in [0.1, 0.15) is 0 Å². The molecule has 0 amide bonds. The van der Waals surface area contributed by atoms with Gasteiger partial charge in [0.15, 0.2) is 0 Å². The molecule has 1 heterocycles. The van der Waals surface area contributed by atoms with Gasteiger partial charge in [0.05, 0.1) is 6.67 Å². The molecule has 3 nitrogen and oxygen atoms in total. The maximum absolute atomic E-state index is 4.34. The highest BCUT2D eigenvalue weighted by atomic mass is 15.3. The molecule has 0 atom stereocenters. The fourth-order valence-corrected chi connectivity index (χ4v) is 1.21. The first-order valence-electron chi connectivity index (χ1n) is 4.29. The second kappa shape index (κ2) is 4.70. The van der Waals surface area contributed by atoms with Crippen LogP contribution in [0.25, 0.3) is 0 Å². The summed E-state index contributed by atoms with van der Waals surface area (Å²) in [6.45, 7) is 5.57. The van der Waals surface area contributed by atoms with Crippen LogP contribution in [0.1, 0.15) is 6.42 Å². The third-order valence-corrected chi connectivity index (χ3v) is 1.95. The average molecular weight is 156 g/mol. The van der Waals surface area contributed by atoms with Gasteiger partial charge in [-0.25, -0.2) is 5.32 Å². The van der Waals surface area contributed by atoms with Gasteiger partial charge in [-0.3, -0.25) is 4.90 Å². The highest BCUT2D eigenvalue weighted by molar-refractivity contribution is 4.64. The van der Waals surface area contributed by atoms with Crippen LogP contribution in [0.2, 0.25) is 0 Å². The lowest BCUT2D eigenvalue weighted by Gasteiger charge is -2.27. The molecule has 0 aliphatic carbocycles. The van der Waals surface area contributed by atoms with E-state index in [9.17, 15) is 0 Å². The monoisotopic (exact) mass is 156 g/mol. The first-order valence-corrected chi connectivity index (χ1v) is 4.29. The van der Waals surface area contributed by atoms with Crippen LogP contribution in [0.5, 0.6) is 0 Å². The zero-order valence-electron chi connectivity index (χ0n) is 7.58. The molecule has 1 radical (unpaired) electrons. The van der Waals surface area contributed by atoms with Crippen LogP contribution < -0.4 is 5.32 Å². The van der Waals surface area contributed by atoms with Crippen LogP contribution in [0.3, 0.4) is 0 Å². The molecule has 0 bridgehead atoms. The van der Waals surface area contributed by atoms with Crippen molar-refractivity contribution < 1.29 is 0 Å². The molecular formula is C8H18N3. The molecule has 11 heavy (non-hydrogen) atoms. The Morgan fingerprint density at radius 1 is 1.45 bits per heavy atom. The van der Waals surface area contributed by atoms with E-state index in [4.69, 9.17) is 0 Å². The van der Waals surface area contributed by atoms with E-state index >= 15 is 0 Å². The molecule has 1 rings (SSSR count). The van der Waals surface area contributed by atoms with E-state index in [0.29, 0.717) is 0 Å². The molecule has 0 aromatic rings. The molecule has 0 spiro atoms. The summed E-state index contributed by atoms with van der Waals surface area (Å²) in [5.74, 6) is 0. The zero-order chi connectivity index (χ0) is 8.10. The summed E-state index contributed by atoms with van der Waals surface area (Å²) in [5, 5.41) is 4.34. The van der Waals surface area contributed by atoms with Gasteiger partial charge < -0.3 is 4.90 Å². The lowest BCUT2D eigenvalue weighted by Crippen LogP contribution is -2.41. The summed E-state index contributed by atoms with van der Waals surface area (Å²) in [7, 11) is 4.22. The van der Waals surface area contributed by atoms with Crippen molar-refractivity contribution in [2.45, 2.75) is 6.42 Å². The number of nitrogens with zero attached hydrogens (tertiary/aromatic N) is 3. The predicted molar refractivity (Wildman–Crippen MR) is 46.6 cm³/mol. The van der Waals surface area contributed by atoms with E-state index in [2.05, 4.69) is 29.2 Å². The van der Waals surface area contributed by atoms with Crippen molar-refractivity contribution in [1.29, 1.82) is 0 Å². The highest BCUT2D eigenvalue weighted by Gasteiger charge is 2.09. The maximum Gasteiger partial charge on any atom is 0.0649 e. The maximum atomic E-state index is 4.34. The van der Waals surface area contributed by atoms with Crippen molar-refractivity contribution >= 4 is 0 Å². The van der Waals surface area contributed by atoms with Crippen LogP contribution in [-0.2, 0) is 0 Å². The first-order chi connectivity index (χ1) is 5.29. The number of hydrogen-bond acceptors (Lipinski definition) is 2. The number of likely N-dealkylation sites (N-methyl/N-ethyl adjacent to an activating group) is 1. The van der Waals surface area contributed by atoms with Gasteiger partial charge in [-0.05, 0) is 20.5 Å². The molecule has 1 saturated heterocycles.